The molecule has 0 aliphatic carbocycles. The van der Waals surface area contributed by atoms with Gasteiger partial charge in [0.15, 0.2) is 0 Å². The minimum Gasteiger partial charge on any atom is -0.465 e. The van der Waals surface area contributed by atoms with E-state index in [1.165, 1.54) is 14.0 Å². The zero-order chi connectivity index (χ0) is 20.8. The summed E-state index contributed by atoms with van der Waals surface area (Å²) in [4.78, 5) is 32.0. The van der Waals surface area contributed by atoms with Crippen LogP contribution in [0.4, 0.5) is 28.7 Å². The van der Waals surface area contributed by atoms with E-state index < -0.39 is 5.97 Å². The molecule has 0 unspecified atom stereocenters. The predicted octanol–water partition coefficient (Wildman–Crippen LogP) is 4.02. The first-order valence-electron chi connectivity index (χ1n) is 8.89. The number of hydrogen-bond acceptors (Lipinski definition) is 7. The normalized spacial score (nSPS) is 10.2. The molecule has 0 aliphatic heterocycles. The van der Waals surface area contributed by atoms with E-state index in [9.17, 15) is 9.59 Å². The second-order valence-electron chi connectivity index (χ2n) is 6.23. The molecular weight excluding hydrogens is 370 g/mol. The highest BCUT2D eigenvalue weighted by Crippen LogP contribution is 2.24. The average Bonchev–Trinajstić information content (AvgIpc) is 2.67. The lowest BCUT2D eigenvalue weighted by molar-refractivity contribution is -0.114. The molecule has 3 aromatic rings. The van der Waals surface area contributed by atoms with Crippen molar-refractivity contribution in [3.63, 3.8) is 0 Å². The van der Waals surface area contributed by atoms with Crippen LogP contribution >= 0.6 is 0 Å². The second-order valence-corrected chi connectivity index (χ2v) is 6.23. The zero-order valence-corrected chi connectivity index (χ0v) is 16.3. The van der Waals surface area contributed by atoms with Gasteiger partial charge in [-0.05, 0) is 37.3 Å². The topological polar surface area (TPSA) is 105 Å². The number of nitrogens with one attached hydrogen (secondary N) is 3. The molecule has 3 N–H and O–H groups in total. The lowest BCUT2D eigenvalue weighted by Gasteiger charge is -2.13. The van der Waals surface area contributed by atoms with Crippen molar-refractivity contribution in [2.24, 2.45) is 0 Å². The number of hydrogen-bond donors (Lipinski definition) is 3. The number of carbonyl (C=O) groups excluding carboxylic acids is 2. The Morgan fingerprint density at radius 1 is 0.897 bits per heavy atom. The second kappa shape index (κ2) is 8.83. The highest BCUT2D eigenvalue weighted by molar-refractivity contribution is 5.96. The number of para-hydroxylation sites is 1. The van der Waals surface area contributed by atoms with Crippen LogP contribution in [-0.4, -0.2) is 29.0 Å². The molecule has 29 heavy (non-hydrogen) atoms. The smallest absolute Gasteiger partial charge is 0.339 e. The Balaban J connectivity index is 1.84. The molecule has 0 saturated heterocycles. The Morgan fingerprint density at radius 2 is 1.59 bits per heavy atom. The number of nitrogens with zero attached hydrogens (tertiary/aromatic N) is 2. The van der Waals surface area contributed by atoms with Crippen LogP contribution in [-0.2, 0) is 9.53 Å². The van der Waals surface area contributed by atoms with Crippen LogP contribution in [0.15, 0.2) is 54.6 Å². The molecule has 2 aromatic carbocycles. The number of carbonyl (C=O) groups is 2. The molecule has 0 bridgehead atoms. The molecule has 1 heterocycles. The minimum atomic E-state index is -0.438. The fraction of sp³-hybridized carbons (Fsp3) is 0.143. The third-order valence-electron chi connectivity index (χ3n) is 3.89. The van der Waals surface area contributed by atoms with Gasteiger partial charge in [-0.2, -0.15) is 0 Å². The van der Waals surface area contributed by atoms with Crippen molar-refractivity contribution in [1.82, 2.24) is 9.97 Å². The minimum absolute atomic E-state index is 0.143. The molecule has 0 saturated carbocycles. The highest BCUT2D eigenvalue weighted by Gasteiger charge is 2.12. The largest absolute Gasteiger partial charge is 0.465 e. The summed E-state index contributed by atoms with van der Waals surface area (Å²) in [6.45, 7) is 3.23. The molecule has 0 spiro atoms. The van der Waals surface area contributed by atoms with Crippen LogP contribution in [0.5, 0.6) is 0 Å². The van der Waals surface area contributed by atoms with Crippen LogP contribution in [0.1, 0.15) is 23.1 Å². The third-order valence-corrected chi connectivity index (χ3v) is 3.89. The summed E-state index contributed by atoms with van der Waals surface area (Å²) in [7, 11) is 1.34. The number of methoxy groups -OCH3 is 1. The molecule has 0 fully saturated rings. The molecule has 0 radical (unpaired) electrons. The van der Waals surface area contributed by atoms with Gasteiger partial charge in [-0.3, -0.25) is 4.79 Å². The summed E-state index contributed by atoms with van der Waals surface area (Å²) in [5, 5.41) is 9.08. The first-order valence-corrected chi connectivity index (χ1v) is 8.89. The number of aromatic nitrogens is 2. The van der Waals surface area contributed by atoms with Crippen LogP contribution < -0.4 is 16.0 Å². The summed E-state index contributed by atoms with van der Waals surface area (Å²) in [5.41, 5.74) is 2.42. The van der Waals surface area contributed by atoms with Gasteiger partial charge in [0.05, 0.1) is 18.4 Å². The van der Waals surface area contributed by atoms with Crippen molar-refractivity contribution in [3.05, 3.63) is 66.0 Å². The van der Waals surface area contributed by atoms with Gasteiger partial charge in [0, 0.05) is 24.4 Å². The van der Waals surface area contributed by atoms with Crippen molar-refractivity contribution in [1.29, 1.82) is 0 Å². The summed E-state index contributed by atoms with van der Waals surface area (Å²) >= 11 is 0. The van der Waals surface area contributed by atoms with Gasteiger partial charge < -0.3 is 20.7 Å². The molecule has 8 nitrogen and oxygen atoms in total. The van der Waals surface area contributed by atoms with Crippen molar-refractivity contribution >= 4 is 40.6 Å². The van der Waals surface area contributed by atoms with Crippen LogP contribution in [0.25, 0.3) is 0 Å². The first-order chi connectivity index (χ1) is 13.9. The molecule has 148 valence electrons. The third kappa shape index (κ3) is 5.29. The Hall–Kier alpha value is -3.94. The van der Waals surface area contributed by atoms with Gasteiger partial charge in [0.25, 0.3) is 0 Å². The van der Waals surface area contributed by atoms with Crippen molar-refractivity contribution in [3.8, 4) is 0 Å². The maximum atomic E-state index is 12.0. The maximum Gasteiger partial charge on any atom is 0.339 e. The van der Waals surface area contributed by atoms with Crippen molar-refractivity contribution in [2.75, 3.05) is 23.1 Å². The van der Waals surface area contributed by atoms with Crippen molar-refractivity contribution in [2.45, 2.75) is 13.8 Å². The number of anilines is 5. The number of aryl methyl sites for hydroxylation is 1. The van der Waals surface area contributed by atoms with E-state index in [-0.39, 0.29) is 5.91 Å². The van der Waals surface area contributed by atoms with Crippen LogP contribution in [0, 0.1) is 6.92 Å². The van der Waals surface area contributed by atoms with Gasteiger partial charge in [-0.25, -0.2) is 14.8 Å². The average molecular weight is 391 g/mol. The SMILES string of the molecule is COC(=O)c1ccccc1Nc1cc(Nc2cccc(NC(C)=O)c2)nc(C)n1. The summed E-state index contributed by atoms with van der Waals surface area (Å²) in [6.07, 6.45) is 0. The standard InChI is InChI=1S/C21H21N5O3/c1-13-22-19(25-16-8-6-7-15(11-16)24-14(2)27)12-20(23-13)26-18-10-5-4-9-17(18)21(28)29-3/h4-12H,1-3H3,(H,24,27)(H2,22,23,25,26). The maximum absolute atomic E-state index is 12.0. The highest BCUT2D eigenvalue weighted by atomic mass is 16.5. The van der Waals surface area contributed by atoms with Crippen LogP contribution in [0.2, 0.25) is 0 Å². The molecule has 8 heteroatoms. The van der Waals surface area contributed by atoms with E-state index in [0.29, 0.717) is 34.4 Å². The summed E-state index contributed by atoms with van der Waals surface area (Å²) in [5.74, 6) is 1.05. The van der Waals surface area contributed by atoms with E-state index >= 15 is 0 Å². The van der Waals surface area contributed by atoms with Crippen LogP contribution in [0.3, 0.4) is 0 Å². The van der Waals surface area contributed by atoms with Gasteiger partial charge in [0.2, 0.25) is 5.91 Å². The van der Waals surface area contributed by atoms with Gasteiger partial charge in [-0.1, -0.05) is 18.2 Å². The number of esters is 1. The number of rotatable bonds is 6. The molecule has 1 aromatic heterocycles. The van der Waals surface area contributed by atoms with E-state index in [4.69, 9.17) is 4.74 Å². The summed E-state index contributed by atoms with van der Waals surface area (Å²) in [6, 6.07) is 16.0. The Kier molecular flexibility index (Phi) is 6.03. The van der Waals surface area contributed by atoms with E-state index in [2.05, 4.69) is 25.9 Å². The Labute approximate surface area is 168 Å². The Bertz CT molecular complexity index is 1050. The molecule has 0 atom stereocenters. The van der Waals surface area contributed by atoms with E-state index in [1.807, 2.05) is 18.2 Å². The molecule has 1 amide bonds. The zero-order valence-electron chi connectivity index (χ0n) is 16.3. The fourth-order valence-corrected chi connectivity index (χ4v) is 2.74. The van der Waals surface area contributed by atoms with Gasteiger partial charge in [0.1, 0.15) is 17.5 Å². The van der Waals surface area contributed by atoms with Crippen molar-refractivity contribution < 1.29 is 14.3 Å². The number of ether oxygens (including phenoxy) is 1. The quantitative estimate of drug-likeness (QED) is 0.545. The fourth-order valence-electron chi connectivity index (χ4n) is 2.74. The molecular formula is C21H21N5O3. The number of amides is 1. The molecule has 0 aliphatic rings. The monoisotopic (exact) mass is 391 g/mol. The summed E-state index contributed by atoms with van der Waals surface area (Å²) < 4.78 is 4.83. The van der Waals surface area contributed by atoms with Gasteiger partial charge in [-0.15, -0.1) is 0 Å². The first kappa shape index (κ1) is 19.8. The van der Waals surface area contributed by atoms with Gasteiger partial charge >= 0.3 is 5.97 Å². The predicted molar refractivity (Wildman–Crippen MR) is 112 cm³/mol. The lowest BCUT2D eigenvalue weighted by atomic mass is 10.2. The lowest BCUT2D eigenvalue weighted by Crippen LogP contribution is -2.07. The van der Waals surface area contributed by atoms with E-state index in [1.54, 1.807) is 43.3 Å². The molecule has 3 rings (SSSR count). The number of benzene rings is 2. The Morgan fingerprint density at radius 3 is 2.31 bits per heavy atom. The van der Waals surface area contributed by atoms with E-state index in [0.717, 1.165) is 5.69 Å².